The average Bonchev–Trinajstić information content (AvgIpc) is 2.02. The summed E-state index contributed by atoms with van der Waals surface area (Å²) in [5.74, 6) is 0. The summed E-state index contributed by atoms with van der Waals surface area (Å²) in [4.78, 5) is 0. The number of hydrogen-bond acceptors (Lipinski definition) is 3. The summed E-state index contributed by atoms with van der Waals surface area (Å²) in [6.45, 7) is 9.16. The molecule has 1 aliphatic rings. The van der Waals surface area contributed by atoms with Gasteiger partial charge in [0.25, 0.3) is 0 Å². The molecule has 1 aliphatic heterocycles. The van der Waals surface area contributed by atoms with Crippen LogP contribution in [-0.2, 0) is 10.0 Å². The largest absolute Gasteiger partial charge is 0.312 e. The van der Waals surface area contributed by atoms with Crippen molar-refractivity contribution in [2.45, 2.75) is 38.5 Å². The van der Waals surface area contributed by atoms with Crippen molar-refractivity contribution in [1.82, 2.24) is 9.62 Å². The van der Waals surface area contributed by atoms with Crippen molar-refractivity contribution < 1.29 is 9.84 Å². The average molecular weight is 222 g/mol. The first-order valence-electron chi connectivity index (χ1n) is 4.98. The van der Waals surface area contributed by atoms with Gasteiger partial charge in [0.05, 0.1) is 4.75 Å². The predicted octanol–water partition coefficient (Wildman–Crippen LogP) is 0.654. The van der Waals surface area contributed by atoms with Crippen molar-refractivity contribution in [2.75, 3.05) is 19.6 Å². The van der Waals surface area contributed by atoms with Gasteiger partial charge in [-0.05, 0) is 27.7 Å². The van der Waals surface area contributed by atoms with Gasteiger partial charge < -0.3 is 5.32 Å². The zero-order valence-corrected chi connectivity index (χ0v) is 10.2. The van der Waals surface area contributed by atoms with Crippen molar-refractivity contribution >= 4 is 10.0 Å². The van der Waals surface area contributed by atoms with Gasteiger partial charge in [-0.15, -0.1) is 0 Å². The minimum absolute atomic E-state index is 0. The summed E-state index contributed by atoms with van der Waals surface area (Å²) in [6.07, 6.45) is 0. The van der Waals surface area contributed by atoms with E-state index < -0.39 is 14.8 Å². The lowest BCUT2D eigenvalue weighted by molar-refractivity contribution is 0.303. The van der Waals surface area contributed by atoms with Crippen LogP contribution in [0, 0.1) is 0 Å². The molecule has 0 unspecified atom stereocenters. The van der Waals surface area contributed by atoms with Gasteiger partial charge in [0.1, 0.15) is 0 Å². The van der Waals surface area contributed by atoms with Crippen LogP contribution in [0.25, 0.3) is 0 Å². The van der Waals surface area contributed by atoms with Crippen molar-refractivity contribution in [3.63, 3.8) is 0 Å². The van der Waals surface area contributed by atoms with Crippen LogP contribution in [0.2, 0.25) is 0 Å². The molecule has 0 amide bonds. The number of rotatable bonds is 1. The molecule has 1 rings (SSSR count). The number of sulfonamides is 1. The highest BCUT2D eigenvalue weighted by Crippen LogP contribution is 2.21. The molecule has 14 heavy (non-hydrogen) atoms. The molecule has 0 spiro atoms. The molecule has 0 radical (unpaired) electrons. The van der Waals surface area contributed by atoms with Gasteiger partial charge in [-0.3, -0.25) is 0 Å². The van der Waals surface area contributed by atoms with Crippen LogP contribution in [0.3, 0.4) is 0 Å². The fourth-order valence-electron chi connectivity index (χ4n) is 1.50. The van der Waals surface area contributed by atoms with E-state index in [-0.39, 0.29) is 7.47 Å². The summed E-state index contributed by atoms with van der Waals surface area (Å²) >= 11 is 0. The monoisotopic (exact) mass is 222 g/mol. The second-order valence-corrected chi connectivity index (χ2v) is 7.52. The Bertz CT molecular complexity index is 298. The van der Waals surface area contributed by atoms with Crippen molar-refractivity contribution in [3.05, 3.63) is 0 Å². The van der Waals surface area contributed by atoms with Crippen molar-refractivity contribution in [3.8, 4) is 0 Å². The first-order valence-corrected chi connectivity index (χ1v) is 6.42. The number of nitrogens with one attached hydrogen (secondary N) is 1. The van der Waals surface area contributed by atoms with Gasteiger partial charge in [-0.1, -0.05) is 0 Å². The van der Waals surface area contributed by atoms with Gasteiger partial charge in [0, 0.05) is 27.1 Å². The maximum atomic E-state index is 12.1. The number of hydrogen-bond donors (Lipinski definition) is 1. The Morgan fingerprint density at radius 1 is 1.43 bits per heavy atom. The Labute approximate surface area is 88.2 Å². The molecule has 5 heteroatoms. The molecule has 0 aromatic carbocycles. The molecular weight excluding hydrogens is 200 g/mol. The highest BCUT2D eigenvalue weighted by atomic mass is 32.2. The minimum Gasteiger partial charge on any atom is -0.312 e. The van der Waals surface area contributed by atoms with Crippen LogP contribution >= 0.6 is 0 Å². The summed E-state index contributed by atoms with van der Waals surface area (Å²) in [5, 5.41) is 3.23. The first kappa shape index (κ1) is 11.9. The second-order valence-electron chi connectivity index (χ2n) is 4.83. The summed E-state index contributed by atoms with van der Waals surface area (Å²) in [7, 11) is -3.14. The molecule has 1 heterocycles. The van der Waals surface area contributed by atoms with E-state index >= 15 is 0 Å². The maximum absolute atomic E-state index is 12.1. The Kier molecular flexibility index (Phi) is 3.23. The van der Waals surface area contributed by atoms with Crippen molar-refractivity contribution in [2.24, 2.45) is 0 Å². The molecule has 1 atom stereocenters. The number of nitrogens with zero attached hydrogens (tertiary/aromatic N) is 1. The van der Waals surface area contributed by atoms with Gasteiger partial charge in [0.2, 0.25) is 10.0 Å². The van der Waals surface area contributed by atoms with Crippen LogP contribution in [0.1, 0.15) is 29.1 Å². The van der Waals surface area contributed by atoms with E-state index in [1.54, 1.807) is 25.1 Å². The lowest BCUT2D eigenvalue weighted by Gasteiger charge is -2.35. The Morgan fingerprint density at radius 3 is 2.43 bits per heavy atom. The molecule has 86 valence electrons. The third-order valence-electron chi connectivity index (χ3n) is 2.45. The van der Waals surface area contributed by atoms with Crippen LogP contribution in [0.4, 0.5) is 0 Å². The SMILES string of the molecule is C[C@H]1CN(S(=O)(=O)C(C)(C)C)CCN1.[HH]. The molecule has 1 N–H and O–H groups in total. The number of piperazine rings is 1. The van der Waals surface area contributed by atoms with Crippen LogP contribution < -0.4 is 5.32 Å². The topological polar surface area (TPSA) is 49.4 Å². The maximum Gasteiger partial charge on any atom is 0.219 e. The molecule has 1 fully saturated rings. The minimum atomic E-state index is -3.14. The van der Waals surface area contributed by atoms with Crippen LogP contribution in [-0.4, -0.2) is 43.1 Å². The Balaban J connectivity index is 0.00000196. The lowest BCUT2D eigenvalue weighted by atomic mass is 10.3. The molecule has 0 bridgehead atoms. The summed E-state index contributed by atoms with van der Waals surface area (Å²) in [5.41, 5.74) is 0. The molecule has 0 aromatic rings. The molecule has 0 saturated carbocycles. The van der Waals surface area contributed by atoms with Gasteiger partial charge >= 0.3 is 0 Å². The highest BCUT2D eigenvalue weighted by molar-refractivity contribution is 7.90. The van der Waals surface area contributed by atoms with Gasteiger partial charge in [-0.2, -0.15) is 4.31 Å². The van der Waals surface area contributed by atoms with Crippen LogP contribution in [0.15, 0.2) is 0 Å². The fourth-order valence-corrected chi connectivity index (χ4v) is 3.03. The van der Waals surface area contributed by atoms with E-state index in [2.05, 4.69) is 5.32 Å². The molecule has 1 saturated heterocycles. The summed E-state index contributed by atoms with van der Waals surface area (Å²) < 4.78 is 25.0. The smallest absolute Gasteiger partial charge is 0.219 e. The van der Waals surface area contributed by atoms with E-state index in [0.717, 1.165) is 6.54 Å². The standard InChI is InChI=1S/C9H20N2O2S.H2/c1-8-7-11(6-5-10-8)14(12,13)9(2,3)4;/h8,10H,5-7H2,1-4H3;1H/t8-;/m0./s1. The molecule has 0 aromatic heterocycles. The third kappa shape index (κ3) is 2.27. The fraction of sp³-hybridized carbons (Fsp3) is 1.00. The molecule has 0 aliphatic carbocycles. The summed E-state index contributed by atoms with van der Waals surface area (Å²) in [6, 6.07) is 0.251. The first-order chi connectivity index (χ1) is 6.25. The van der Waals surface area contributed by atoms with Crippen molar-refractivity contribution in [1.29, 1.82) is 0 Å². The van der Waals surface area contributed by atoms with Crippen LogP contribution in [0.5, 0.6) is 0 Å². The van der Waals surface area contributed by atoms with E-state index in [0.29, 0.717) is 13.1 Å². The quantitative estimate of drug-likeness (QED) is 0.709. The van der Waals surface area contributed by atoms with Gasteiger partial charge in [0.15, 0.2) is 0 Å². The van der Waals surface area contributed by atoms with E-state index in [1.165, 1.54) is 0 Å². The zero-order chi connectivity index (χ0) is 11.0. The third-order valence-corrected chi connectivity index (χ3v) is 5.00. The zero-order valence-electron chi connectivity index (χ0n) is 9.37. The molecular formula is C9H22N2O2S. The van der Waals surface area contributed by atoms with Gasteiger partial charge in [-0.25, -0.2) is 8.42 Å². The Morgan fingerprint density at radius 2 is 2.00 bits per heavy atom. The van der Waals surface area contributed by atoms with E-state index in [4.69, 9.17) is 0 Å². The predicted molar refractivity (Wildman–Crippen MR) is 59.8 cm³/mol. The normalized spacial score (nSPS) is 26.4. The Hall–Kier alpha value is -0.130. The second kappa shape index (κ2) is 3.79. The van der Waals surface area contributed by atoms with E-state index in [1.807, 2.05) is 6.92 Å². The van der Waals surface area contributed by atoms with E-state index in [9.17, 15) is 8.42 Å². The molecule has 4 nitrogen and oxygen atoms in total. The lowest BCUT2D eigenvalue weighted by Crippen LogP contribution is -2.54. The highest BCUT2D eigenvalue weighted by Gasteiger charge is 2.36.